The summed E-state index contributed by atoms with van der Waals surface area (Å²) in [5.41, 5.74) is 7.08. The van der Waals surface area contributed by atoms with E-state index >= 15 is 0 Å². The smallest absolute Gasteiger partial charge is 0.156 e. The standard InChI is InChI=1S/C43H49NO3.C3H8O2.2C2H6/c1-3-5-6-7-13-26-42(37-20-22-38(23-21-37)44-28-14-8-15-29-44)27-24-36-33-43(25-4-2,46-31-30-45)40-19-12-10-17-35(40)32-34-16-9-11-18-39(34)41(36)47-42;1-2-5-3-4;2*1-2/h3,5-7,9-13,16-24,27,45H,1,4,8,14-15,25-26,28-33H2,2H3;4H,2-3H2,1H3;2*1-2H3/b6-5-,13-7-;;;. The third kappa shape index (κ3) is 12.1. The van der Waals surface area contributed by atoms with Crippen LogP contribution in [0.4, 0.5) is 5.69 Å². The molecule has 3 aromatic carbocycles. The second-order valence-electron chi connectivity index (χ2n) is 13.6. The third-order valence-corrected chi connectivity index (χ3v) is 10.2. The van der Waals surface area contributed by atoms with Crippen molar-refractivity contribution < 1.29 is 24.4 Å². The van der Waals surface area contributed by atoms with Crippen LogP contribution in [0.25, 0.3) is 5.76 Å². The van der Waals surface area contributed by atoms with Gasteiger partial charge in [-0.1, -0.05) is 145 Å². The van der Waals surface area contributed by atoms with Crippen molar-refractivity contribution in [2.45, 2.75) is 104 Å². The molecular weight excluding hydrogens is 695 g/mol. The Labute approximate surface area is 338 Å². The average Bonchev–Trinajstić information content (AvgIpc) is 3.30. The molecule has 0 bridgehead atoms. The number of allylic oxidation sites excluding steroid dienone is 5. The van der Waals surface area contributed by atoms with Gasteiger partial charge in [0.1, 0.15) is 12.6 Å². The Morgan fingerprint density at radius 3 is 2.18 bits per heavy atom. The van der Waals surface area contributed by atoms with E-state index < -0.39 is 11.2 Å². The van der Waals surface area contributed by atoms with E-state index in [1.165, 1.54) is 41.6 Å². The van der Waals surface area contributed by atoms with Gasteiger partial charge in [-0.15, -0.1) is 0 Å². The first-order chi connectivity index (χ1) is 27.5. The molecule has 3 aromatic rings. The van der Waals surface area contributed by atoms with Crippen LogP contribution in [-0.4, -0.2) is 49.9 Å². The molecule has 2 N–H and O–H groups in total. The fraction of sp³-hybridized carbons (Fsp3) is 0.440. The van der Waals surface area contributed by atoms with Gasteiger partial charge in [0.2, 0.25) is 0 Å². The lowest BCUT2D eigenvalue weighted by molar-refractivity contribution is -0.0699. The van der Waals surface area contributed by atoms with Gasteiger partial charge in [-0.3, -0.25) is 0 Å². The molecule has 0 radical (unpaired) electrons. The number of hydrogen-bond acceptors (Lipinski definition) is 6. The maximum atomic E-state index is 9.92. The molecule has 0 saturated carbocycles. The third-order valence-electron chi connectivity index (χ3n) is 10.2. The van der Waals surface area contributed by atoms with E-state index in [1.54, 1.807) is 6.08 Å². The number of piperidine rings is 1. The lowest BCUT2D eigenvalue weighted by Gasteiger charge is -2.40. The molecule has 0 spiro atoms. The minimum absolute atomic E-state index is 0.0186. The molecule has 1 fully saturated rings. The fourth-order valence-electron chi connectivity index (χ4n) is 7.70. The summed E-state index contributed by atoms with van der Waals surface area (Å²) in [6.07, 6.45) is 22.3. The summed E-state index contributed by atoms with van der Waals surface area (Å²) in [6, 6.07) is 26.4. The van der Waals surface area contributed by atoms with Crippen molar-refractivity contribution in [3.63, 3.8) is 0 Å². The van der Waals surface area contributed by atoms with E-state index in [2.05, 4.69) is 120 Å². The van der Waals surface area contributed by atoms with Crippen LogP contribution in [0.3, 0.4) is 0 Å². The predicted molar refractivity (Wildman–Crippen MR) is 236 cm³/mol. The van der Waals surface area contributed by atoms with Crippen LogP contribution in [0.5, 0.6) is 0 Å². The van der Waals surface area contributed by atoms with Crippen molar-refractivity contribution in [1.82, 2.24) is 0 Å². The summed E-state index contributed by atoms with van der Waals surface area (Å²) in [4.78, 5) is 2.50. The van der Waals surface area contributed by atoms with Crippen molar-refractivity contribution in [1.29, 1.82) is 0 Å². The number of benzene rings is 3. The molecule has 2 atom stereocenters. The quantitative estimate of drug-likeness (QED) is 0.133. The van der Waals surface area contributed by atoms with Crippen molar-refractivity contribution >= 4 is 11.4 Å². The molecule has 6 rings (SSSR count). The fourth-order valence-corrected chi connectivity index (χ4v) is 7.70. The Morgan fingerprint density at radius 2 is 1.54 bits per heavy atom. The van der Waals surface area contributed by atoms with Gasteiger partial charge in [-0.05, 0) is 85.1 Å². The van der Waals surface area contributed by atoms with Crippen LogP contribution in [0.2, 0.25) is 0 Å². The van der Waals surface area contributed by atoms with Gasteiger partial charge < -0.3 is 29.3 Å². The molecule has 0 amide bonds. The highest BCUT2D eigenvalue weighted by atomic mass is 16.6. The number of rotatable bonds is 13. The number of aliphatic hydroxyl groups excluding tert-OH is 2. The van der Waals surface area contributed by atoms with E-state index in [0.717, 1.165) is 54.8 Å². The summed E-state index contributed by atoms with van der Waals surface area (Å²) in [5.74, 6) is 0.916. The summed E-state index contributed by atoms with van der Waals surface area (Å²) >= 11 is 0. The Kier molecular flexibility index (Phi) is 20.7. The van der Waals surface area contributed by atoms with Gasteiger partial charge in [0, 0.05) is 43.8 Å². The minimum atomic E-state index is -0.689. The molecule has 1 aliphatic carbocycles. The summed E-state index contributed by atoms with van der Waals surface area (Å²) in [6.45, 7) is 18.8. The SMILES string of the molecule is C=C/C=C\C=C/CC1(c2ccc(N3CCCCC3)cc2)C=CC2=C(O1)c1ccccc1Cc1ccccc1C(CCC)(OCCO)C2.CC.CC.CCOCO. The highest BCUT2D eigenvalue weighted by Gasteiger charge is 2.41. The summed E-state index contributed by atoms with van der Waals surface area (Å²) in [7, 11) is 0. The van der Waals surface area contributed by atoms with Gasteiger partial charge >= 0.3 is 0 Å². The first kappa shape index (κ1) is 46.2. The molecule has 3 aliphatic rings. The molecule has 1 saturated heterocycles. The second-order valence-corrected chi connectivity index (χ2v) is 13.6. The Hall–Kier alpha value is -4.20. The highest BCUT2D eigenvalue weighted by Crippen LogP contribution is 2.49. The number of aliphatic hydroxyl groups is 2. The lowest BCUT2D eigenvalue weighted by atomic mass is 9.79. The maximum absolute atomic E-state index is 9.92. The average molecular weight is 764 g/mol. The minimum Gasteiger partial charge on any atom is -0.477 e. The maximum Gasteiger partial charge on any atom is 0.156 e. The van der Waals surface area contributed by atoms with Gasteiger partial charge in [-0.25, -0.2) is 0 Å². The normalized spacial score (nSPS) is 20.0. The molecule has 56 heavy (non-hydrogen) atoms. The molecule has 0 aromatic heterocycles. The molecule has 6 nitrogen and oxygen atoms in total. The molecular formula is C50H69NO5. The Balaban J connectivity index is 0.000000855. The van der Waals surface area contributed by atoms with Crippen molar-refractivity contribution in [3.05, 3.63) is 155 Å². The zero-order chi connectivity index (χ0) is 40.7. The summed E-state index contributed by atoms with van der Waals surface area (Å²) in [5, 5.41) is 17.8. The molecule has 2 unspecified atom stereocenters. The number of fused-ring (bicyclic) bond motifs is 3. The number of ether oxygens (including phenoxy) is 3. The first-order valence-electron chi connectivity index (χ1n) is 21.0. The monoisotopic (exact) mass is 764 g/mol. The van der Waals surface area contributed by atoms with Crippen LogP contribution >= 0.6 is 0 Å². The van der Waals surface area contributed by atoms with Gasteiger partial charge in [0.15, 0.2) is 5.60 Å². The van der Waals surface area contributed by atoms with Crippen LogP contribution in [0.15, 0.2) is 127 Å². The molecule has 6 heteroatoms. The lowest BCUT2D eigenvalue weighted by Crippen LogP contribution is -2.34. The van der Waals surface area contributed by atoms with Crippen LogP contribution in [0.1, 0.15) is 114 Å². The van der Waals surface area contributed by atoms with Crippen LogP contribution in [-0.2, 0) is 31.8 Å². The topological polar surface area (TPSA) is 71.4 Å². The van der Waals surface area contributed by atoms with E-state index in [9.17, 15) is 5.11 Å². The largest absolute Gasteiger partial charge is 0.477 e. The van der Waals surface area contributed by atoms with Crippen molar-refractivity contribution in [2.75, 3.05) is 44.6 Å². The predicted octanol–water partition coefficient (Wildman–Crippen LogP) is 11.6. The zero-order valence-electron chi connectivity index (χ0n) is 35.1. The van der Waals surface area contributed by atoms with Crippen LogP contribution in [0, 0.1) is 0 Å². The van der Waals surface area contributed by atoms with E-state index in [-0.39, 0.29) is 20.0 Å². The zero-order valence-corrected chi connectivity index (χ0v) is 35.1. The molecule has 304 valence electrons. The van der Waals surface area contributed by atoms with Gasteiger partial charge in [0.25, 0.3) is 0 Å². The number of nitrogens with zero attached hydrogens (tertiary/aromatic N) is 1. The number of hydrogen-bond donors (Lipinski definition) is 2. The molecule has 2 heterocycles. The van der Waals surface area contributed by atoms with E-state index in [4.69, 9.17) is 14.6 Å². The first-order valence-corrected chi connectivity index (χ1v) is 21.0. The summed E-state index contributed by atoms with van der Waals surface area (Å²) < 4.78 is 18.5. The Bertz CT molecular complexity index is 1700. The van der Waals surface area contributed by atoms with Gasteiger partial charge in [-0.2, -0.15) is 0 Å². The van der Waals surface area contributed by atoms with Crippen molar-refractivity contribution in [3.8, 4) is 0 Å². The highest BCUT2D eigenvalue weighted by molar-refractivity contribution is 5.72. The molecule has 2 aliphatic heterocycles. The van der Waals surface area contributed by atoms with Gasteiger partial charge in [0.05, 0.1) is 18.8 Å². The van der Waals surface area contributed by atoms with Crippen molar-refractivity contribution in [2.24, 2.45) is 0 Å². The van der Waals surface area contributed by atoms with E-state index in [1.807, 2.05) is 46.8 Å². The van der Waals surface area contributed by atoms with E-state index in [0.29, 0.717) is 19.4 Å². The number of anilines is 1. The Morgan fingerprint density at radius 1 is 0.839 bits per heavy atom. The van der Waals surface area contributed by atoms with Crippen LogP contribution < -0.4 is 4.90 Å². The second kappa shape index (κ2) is 25.1.